The first-order valence-electron chi connectivity index (χ1n) is 8.63. The second kappa shape index (κ2) is 9.58. The van der Waals surface area contributed by atoms with Crippen LogP contribution >= 0.6 is 11.8 Å². The van der Waals surface area contributed by atoms with E-state index in [4.69, 9.17) is 14.4 Å². The van der Waals surface area contributed by atoms with E-state index in [1.807, 2.05) is 55.5 Å². The first-order valence-corrected chi connectivity index (χ1v) is 9.61. The van der Waals surface area contributed by atoms with E-state index in [9.17, 15) is 4.79 Å². The minimum atomic E-state index is -0.210. The van der Waals surface area contributed by atoms with Gasteiger partial charge in [-0.2, -0.15) is 5.26 Å². The van der Waals surface area contributed by atoms with Crippen molar-refractivity contribution in [3.8, 4) is 23.3 Å². The van der Waals surface area contributed by atoms with E-state index in [0.29, 0.717) is 23.4 Å². The average molecular weight is 394 g/mol. The third-order valence-corrected chi connectivity index (χ3v) is 4.54. The lowest BCUT2D eigenvalue weighted by molar-refractivity contribution is -0.116. The Hall–Kier alpha value is -3.31. The van der Waals surface area contributed by atoms with Gasteiger partial charge in [0.15, 0.2) is 0 Å². The third-order valence-electron chi connectivity index (χ3n) is 3.74. The van der Waals surface area contributed by atoms with Crippen LogP contribution < -0.4 is 9.64 Å². The van der Waals surface area contributed by atoms with Crippen LogP contribution in [0.5, 0.6) is 5.75 Å². The maximum absolute atomic E-state index is 12.5. The van der Waals surface area contributed by atoms with Crippen LogP contribution in [-0.4, -0.2) is 35.0 Å². The van der Waals surface area contributed by atoms with Crippen molar-refractivity contribution < 1.29 is 13.9 Å². The number of benzene rings is 2. The first-order chi connectivity index (χ1) is 13.7. The number of anilines is 1. The number of carbonyl (C=O) groups is 1. The molecule has 0 aliphatic heterocycles. The molecule has 142 valence electrons. The Morgan fingerprint density at radius 3 is 2.61 bits per heavy atom. The van der Waals surface area contributed by atoms with E-state index < -0.39 is 0 Å². The summed E-state index contributed by atoms with van der Waals surface area (Å²) in [6, 6.07) is 18.4. The average Bonchev–Trinajstić information content (AvgIpc) is 3.21. The maximum atomic E-state index is 12.5. The number of ether oxygens (including phenoxy) is 1. The van der Waals surface area contributed by atoms with Gasteiger partial charge in [0.1, 0.15) is 12.3 Å². The molecule has 2 aromatic carbocycles. The molecule has 28 heavy (non-hydrogen) atoms. The van der Waals surface area contributed by atoms with Gasteiger partial charge in [-0.3, -0.25) is 9.69 Å². The number of aromatic nitrogens is 2. The highest BCUT2D eigenvalue weighted by Gasteiger charge is 2.17. The number of thioether (sulfide) groups is 1. The molecule has 3 aromatic rings. The molecule has 1 aromatic heterocycles. The molecule has 0 aliphatic carbocycles. The second-order valence-electron chi connectivity index (χ2n) is 5.59. The van der Waals surface area contributed by atoms with Crippen LogP contribution in [0.25, 0.3) is 11.5 Å². The van der Waals surface area contributed by atoms with Crippen molar-refractivity contribution in [3.63, 3.8) is 0 Å². The van der Waals surface area contributed by atoms with Crippen molar-refractivity contribution in [2.75, 3.05) is 23.8 Å². The number of hydrogen-bond donors (Lipinski definition) is 0. The maximum Gasteiger partial charge on any atom is 0.277 e. The molecule has 3 rings (SSSR count). The van der Waals surface area contributed by atoms with Crippen molar-refractivity contribution in [2.45, 2.75) is 12.1 Å². The zero-order chi connectivity index (χ0) is 19.8. The lowest BCUT2D eigenvalue weighted by Gasteiger charge is -2.18. The molecule has 0 fully saturated rings. The van der Waals surface area contributed by atoms with Gasteiger partial charge in [0, 0.05) is 11.3 Å². The zero-order valence-electron chi connectivity index (χ0n) is 15.2. The summed E-state index contributed by atoms with van der Waals surface area (Å²) >= 11 is 1.14. The number of nitriles is 1. The molecular weight excluding hydrogens is 376 g/mol. The fourth-order valence-corrected chi connectivity index (χ4v) is 3.09. The highest BCUT2D eigenvalue weighted by Crippen LogP contribution is 2.25. The van der Waals surface area contributed by atoms with Gasteiger partial charge in [-0.15, -0.1) is 10.2 Å². The number of hydrogen-bond acceptors (Lipinski definition) is 7. The number of para-hydroxylation sites is 1. The fraction of sp³-hybridized carbons (Fsp3) is 0.200. The lowest BCUT2D eigenvalue weighted by Crippen LogP contribution is -2.32. The van der Waals surface area contributed by atoms with Gasteiger partial charge in [0.05, 0.1) is 18.4 Å². The molecule has 0 atom stereocenters. The minimum Gasteiger partial charge on any atom is -0.494 e. The Bertz CT molecular complexity index is 952. The summed E-state index contributed by atoms with van der Waals surface area (Å²) in [7, 11) is 0. The highest BCUT2D eigenvalue weighted by atomic mass is 32.2. The Morgan fingerprint density at radius 1 is 1.18 bits per heavy atom. The summed E-state index contributed by atoms with van der Waals surface area (Å²) in [5, 5.41) is 17.3. The molecular formula is C20H18N4O3S. The van der Waals surface area contributed by atoms with Crippen molar-refractivity contribution in [1.29, 1.82) is 5.26 Å². The van der Waals surface area contributed by atoms with E-state index in [1.165, 1.54) is 4.90 Å². The highest BCUT2D eigenvalue weighted by molar-refractivity contribution is 7.99. The summed E-state index contributed by atoms with van der Waals surface area (Å²) < 4.78 is 11.0. The molecule has 0 unspecified atom stereocenters. The number of amides is 1. The Kier molecular flexibility index (Phi) is 6.65. The largest absolute Gasteiger partial charge is 0.494 e. The van der Waals surface area contributed by atoms with Crippen LogP contribution in [-0.2, 0) is 4.79 Å². The van der Waals surface area contributed by atoms with Gasteiger partial charge in [-0.25, -0.2) is 0 Å². The van der Waals surface area contributed by atoms with E-state index in [0.717, 1.165) is 23.1 Å². The van der Waals surface area contributed by atoms with Crippen LogP contribution in [0.2, 0.25) is 0 Å². The first kappa shape index (κ1) is 19.5. The standard InChI is InChI=1S/C20H18N4O3S/c1-2-26-17-10-8-15(9-11-17)19-22-23-20(27-19)28-14-18(25)24(13-12-21)16-6-4-3-5-7-16/h3-11H,2,13-14H2,1H3. The van der Waals surface area contributed by atoms with Gasteiger partial charge in [0.2, 0.25) is 11.8 Å². The van der Waals surface area contributed by atoms with E-state index in [2.05, 4.69) is 10.2 Å². The van der Waals surface area contributed by atoms with Gasteiger partial charge >= 0.3 is 0 Å². The van der Waals surface area contributed by atoms with Crippen LogP contribution in [0, 0.1) is 11.3 Å². The second-order valence-corrected chi connectivity index (χ2v) is 6.52. The summed E-state index contributed by atoms with van der Waals surface area (Å²) in [4.78, 5) is 14.0. The van der Waals surface area contributed by atoms with Gasteiger partial charge in [-0.1, -0.05) is 30.0 Å². The van der Waals surface area contributed by atoms with Crippen LogP contribution in [0.15, 0.2) is 64.2 Å². The fourth-order valence-electron chi connectivity index (χ4n) is 2.45. The van der Waals surface area contributed by atoms with Crippen LogP contribution in [0.3, 0.4) is 0 Å². The summed E-state index contributed by atoms with van der Waals surface area (Å²) in [6.07, 6.45) is 0. The normalized spacial score (nSPS) is 10.3. The number of nitrogens with zero attached hydrogens (tertiary/aromatic N) is 4. The molecule has 0 N–H and O–H groups in total. The van der Waals surface area contributed by atoms with Crippen molar-refractivity contribution in [2.24, 2.45) is 0 Å². The third kappa shape index (κ3) is 4.90. The van der Waals surface area contributed by atoms with Gasteiger partial charge < -0.3 is 9.15 Å². The summed E-state index contributed by atoms with van der Waals surface area (Å²) in [6.45, 7) is 2.50. The Morgan fingerprint density at radius 2 is 1.93 bits per heavy atom. The van der Waals surface area contributed by atoms with E-state index in [-0.39, 0.29) is 18.2 Å². The van der Waals surface area contributed by atoms with E-state index >= 15 is 0 Å². The summed E-state index contributed by atoms with van der Waals surface area (Å²) in [5.41, 5.74) is 1.44. The molecule has 0 bridgehead atoms. The van der Waals surface area contributed by atoms with Crippen molar-refractivity contribution in [3.05, 3.63) is 54.6 Å². The van der Waals surface area contributed by atoms with Gasteiger partial charge in [-0.05, 0) is 43.3 Å². The number of carbonyl (C=O) groups excluding carboxylic acids is 1. The lowest BCUT2D eigenvalue weighted by atomic mass is 10.2. The zero-order valence-corrected chi connectivity index (χ0v) is 16.1. The smallest absolute Gasteiger partial charge is 0.277 e. The van der Waals surface area contributed by atoms with Crippen LogP contribution in [0.4, 0.5) is 5.69 Å². The number of rotatable bonds is 8. The SMILES string of the molecule is CCOc1ccc(-c2nnc(SCC(=O)N(CC#N)c3ccccc3)o2)cc1. The predicted octanol–water partition coefficient (Wildman–Crippen LogP) is 3.78. The molecule has 1 amide bonds. The topological polar surface area (TPSA) is 92.3 Å². The molecule has 7 nitrogen and oxygen atoms in total. The predicted molar refractivity (Wildman–Crippen MR) is 106 cm³/mol. The van der Waals surface area contributed by atoms with Gasteiger partial charge in [0.25, 0.3) is 5.22 Å². The molecule has 1 heterocycles. The Labute approximate surface area is 166 Å². The molecule has 0 radical (unpaired) electrons. The molecule has 0 aliphatic rings. The molecule has 0 saturated carbocycles. The molecule has 0 spiro atoms. The monoisotopic (exact) mass is 394 g/mol. The summed E-state index contributed by atoms with van der Waals surface area (Å²) in [5.74, 6) is 1.01. The van der Waals surface area contributed by atoms with Crippen LogP contribution in [0.1, 0.15) is 6.92 Å². The molecule has 0 saturated heterocycles. The quantitative estimate of drug-likeness (QED) is 0.424. The minimum absolute atomic E-state index is 0.0231. The van der Waals surface area contributed by atoms with E-state index in [1.54, 1.807) is 12.1 Å². The van der Waals surface area contributed by atoms with Crippen molar-refractivity contribution >= 4 is 23.4 Å². The molecule has 8 heteroatoms. The Balaban J connectivity index is 1.63. The van der Waals surface area contributed by atoms with Crippen molar-refractivity contribution in [1.82, 2.24) is 10.2 Å².